The van der Waals surface area contributed by atoms with Crippen molar-refractivity contribution in [1.29, 1.82) is 0 Å². The van der Waals surface area contributed by atoms with Crippen LogP contribution in [0.25, 0.3) is 0 Å². The molecule has 1 aliphatic carbocycles. The van der Waals surface area contributed by atoms with Crippen molar-refractivity contribution in [3.05, 3.63) is 0 Å². The van der Waals surface area contributed by atoms with Crippen LogP contribution < -0.4 is 0 Å². The van der Waals surface area contributed by atoms with E-state index in [2.05, 4.69) is 19.6 Å². The third kappa shape index (κ3) is 8.80. The van der Waals surface area contributed by atoms with Gasteiger partial charge in [-0.25, -0.2) is 0 Å². The van der Waals surface area contributed by atoms with Gasteiger partial charge in [0, 0.05) is 44.5 Å². The van der Waals surface area contributed by atoms with Crippen molar-refractivity contribution in [2.45, 2.75) is 133 Å². The third-order valence-corrected chi connectivity index (χ3v) is 16.6. The molecule has 1 aliphatic rings. The Labute approximate surface area is 253 Å². The van der Waals surface area contributed by atoms with E-state index in [9.17, 15) is 39.5 Å². The van der Waals surface area contributed by atoms with Gasteiger partial charge in [-0.2, -0.15) is 39.5 Å². The Kier molecular flexibility index (Phi) is 14.0. The highest BCUT2D eigenvalue weighted by atomic mass is 28.4. The Bertz CT molecular complexity index is 850. The standard InChI is InChI=1S/C26H49F9O5Si3/c1-10-37-43(38-11-2,39-12-3)21-15-16-22(21,41(4,5)6)20(40-42(7,8)9)14-13-18-36-19-17-23(27,28)24(29,30)25(31,32)26(33,34)35/h20-21H,10-19H2,1-9H3. The molecule has 0 aromatic rings. The van der Waals surface area contributed by atoms with Crippen LogP contribution in [0.4, 0.5) is 39.5 Å². The Balaban J connectivity index is 3.14. The van der Waals surface area contributed by atoms with Crippen LogP contribution in [-0.2, 0) is 22.4 Å². The zero-order valence-electron chi connectivity index (χ0n) is 26.7. The van der Waals surface area contributed by atoms with Gasteiger partial charge in [-0.05, 0) is 71.1 Å². The summed E-state index contributed by atoms with van der Waals surface area (Å²) in [5, 5.41) is -0.336. The predicted octanol–water partition coefficient (Wildman–Crippen LogP) is 9.15. The van der Waals surface area contributed by atoms with E-state index >= 15 is 0 Å². The molecule has 3 atom stereocenters. The fourth-order valence-electron chi connectivity index (χ4n) is 5.97. The molecule has 258 valence electrons. The second kappa shape index (κ2) is 14.7. The predicted molar refractivity (Wildman–Crippen MR) is 153 cm³/mol. The lowest BCUT2D eigenvalue weighted by atomic mass is 9.77. The summed E-state index contributed by atoms with van der Waals surface area (Å²) >= 11 is 0. The molecule has 1 saturated carbocycles. The van der Waals surface area contributed by atoms with Crippen LogP contribution in [0.5, 0.6) is 0 Å². The molecule has 0 N–H and O–H groups in total. The summed E-state index contributed by atoms with van der Waals surface area (Å²) in [5.41, 5.74) is -0.0509. The van der Waals surface area contributed by atoms with E-state index in [0.717, 1.165) is 12.8 Å². The molecule has 0 aliphatic heterocycles. The van der Waals surface area contributed by atoms with Crippen molar-refractivity contribution >= 4 is 25.2 Å². The summed E-state index contributed by atoms with van der Waals surface area (Å²) in [5.74, 6) is -19.2. The number of hydrogen-bond donors (Lipinski definition) is 0. The van der Waals surface area contributed by atoms with Crippen molar-refractivity contribution in [3.63, 3.8) is 0 Å². The van der Waals surface area contributed by atoms with E-state index < -0.39 is 62.2 Å². The maximum Gasteiger partial charge on any atom is 0.504 e. The molecule has 0 amide bonds. The van der Waals surface area contributed by atoms with E-state index in [0.29, 0.717) is 26.2 Å². The minimum Gasteiger partial charge on any atom is -0.414 e. The van der Waals surface area contributed by atoms with Crippen LogP contribution in [0.3, 0.4) is 0 Å². The normalized spacial score (nSPS) is 22.0. The molecule has 1 rings (SSSR count). The summed E-state index contributed by atoms with van der Waals surface area (Å²) in [7, 11) is -7.44. The molecule has 0 bridgehead atoms. The molecule has 0 saturated heterocycles. The molecule has 3 unspecified atom stereocenters. The molecule has 17 heteroatoms. The molecular weight excluding hydrogens is 648 g/mol. The maximum absolute atomic E-state index is 13.9. The fourth-order valence-corrected chi connectivity index (χ4v) is 15.9. The number of alkyl halides is 9. The van der Waals surface area contributed by atoms with Crippen molar-refractivity contribution in [3.8, 4) is 0 Å². The van der Waals surface area contributed by atoms with Crippen molar-refractivity contribution in [2.24, 2.45) is 0 Å². The zero-order valence-corrected chi connectivity index (χ0v) is 29.7. The van der Waals surface area contributed by atoms with Gasteiger partial charge in [-0.3, -0.25) is 0 Å². The Morgan fingerprint density at radius 1 is 0.744 bits per heavy atom. The summed E-state index contributed by atoms with van der Waals surface area (Å²) in [6.07, 6.45) is -6.85. The topological polar surface area (TPSA) is 46.2 Å². The lowest BCUT2D eigenvalue weighted by molar-refractivity contribution is -0.397. The van der Waals surface area contributed by atoms with Crippen LogP contribution in [0.15, 0.2) is 0 Å². The van der Waals surface area contributed by atoms with Gasteiger partial charge in [0.25, 0.3) is 0 Å². The summed E-state index contributed by atoms with van der Waals surface area (Å²) in [4.78, 5) is 0. The quantitative estimate of drug-likeness (QED) is 0.0722. The summed E-state index contributed by atoms with van der Waals surface area (Å²) < 4.78 is 149. The minimum atomic E-state index is -6.90. The van der Waals surface area contributed by atoms with Gasteiger partial charge in [0.2, 0.25) is 0 Å². The number of halogens is 9. The van der Waals surface area contributed by atoms with Crippen molar-refractivity contribution in [2.75, 3.05) is 33.0 Å². The van der Waals surface area contributed by atoms with Gasteiger partial charge in [0.05, 0.1) is 14.7 Å². The van der Waals surface area contributed by atoms with Crippen LogP contribution in [0.1, 0.15) is 52.9 Å². The van der Waals surface area contributed by atoms with E-state index in [1.54, 1.807) is 0 Å². The zero-order chi connectivity index (χ0) is 33.8. The van der Waals surface area contributed by atoms with Crippen LogP contribution >= 0.6 is 0 Å². The largest absolute Gasteiger partial charge is 0.504 e. The SMILES string of the molecule is CCO[Si](OCC)(OCC)C1CCC1(C(CCCOCCC(F)(F)C(F)(F)C(F)(F)C(F)(F)F)O[Si](C)(C)C)[Si](C)(C)C. The van der Waals surface area contributed by atoms with Crippen LogP contribution in [-0.4, -0.2) is 88.3 Å². The third-order valence-electron chi connectivity index (χ3n) is 7.92. The summed E-state index contributed by atoms with van der Waals surface area (Å²) in [6, 6.07) is 0. The first-order valence-corrected chi connectivity index (χ1v) is 23.4. The lowest BCUT2D eigenvalue weighted by Gasteiger charge is -2.63. The Morgan fingerprint density at radius 3 is 1.58 bits per heavy atom. The first kappa shape index (κ1) is 40.8. The maximum atomic E-state index is 13.9. The van der Waals surface area contributed by atoms with Gasteiger partial charge in [-0.15, -0.1) is 0 Å². The van der Waals surface area contributed by atoms with Gasteiger partial charge in [0.1, 0.15) is 0 Å². The van der Waals surface area contributed by atoms with Gasteiger partial charge in [-0.1, -0.05) is 19.6 Å². The summed E-state index contributed by atoms with van der Waals surface area (Å²) in [6.45, 7) is 18.3. The minimum absolute atomic E-state index is 0.0509. The highest BCUT2D eigenvalue weighted by Crippen LogP contribution is 2.70. The monoisotopic (exact) mass is 696 g/mol. The molecule has 0 aromatic heterocycles. The molecule has 0 spiro atoms. The molecule has 5 nitrogen and oxygen atoms in total. The second-order valence-electron chi connectivity index (χ2n) is 12.9. The molecular formula is C26H49F9O5Si3. The smallest absolute Gasteiger partial charge is 0.414 e. The second-order valence-corrected chi connectivity index (χ2v) is 25.5. The van der Waals surface area contributed by atoms with Crippen LogP contribution in [0, 0.1) is 0 Å². The first-order valence-electron chi connectivity index (χ1n) is 14.7. The molecule has 0 heterocycles. The van der Waals surface area contributed by atoms with E-state index in [1.165, 1.54) is 0 Å². The number of rotatable bonds is 20. The van der Waals surface area contributed by atoms with Crippen LogP contribution in [0.2, 0.25) is 49.9 Å². The highest BCUT2D eigenvalue weighted by Gasteiger charge is 2.81. The average Bonchev–Trinajstić information content (AvgIpc) is 2.78. The Morgan fingerprint density at radius 2 is 1.23 bits per heavy atom. The lowest BCUT2D eigenvalue weighted by Crippen LogP contribution is -2.66. The Hall–Kier alpha value is -0.179. The van der Waals surface area contributed by atoms with E-state index in [1.807, 2.05) is 40.4 Å². The fraction of sp³-hybridized carbons (Fsp3) is 1.00. The number of hydrogen-bond acceptors (Lipinski definition) is 5. The van der Waals surface area contributed by atoms with Crippen molar-refractivity contribution < 1.29 is 62.0 Å². The van der Waals surface area contributed by atoms with E-state index in [4.69, 9.17) is 22.4 Å². The van der Waals surface area contributed by atoms with Gasteiger partial charge < -0.3 is 22.4 Å². The van der Waals surface area contributed by atoms with E-state index in [-0.39, 0.29) is 29.7 Å². The first-order chi connectivity index (χ1) is 19.3. The highest BCUT2D eigenvalue weighted by molar-refractivity contribution is 6.82. The number of ether oxygens (including phenoxy) is 1. The van der Waals surface area contributed by atoms with Gasteiger partial charge in [0.15, 0.2) is 8.32 Å². The average molecular weight is 697 g/mol. The van der Waals surface area contributed by atoms with Gasteiger partial charge >= 0.3 is 32.7 Å². The van der Waals surface area contributed by atoms with Crippen molar-refractivity contribution in [1.82, 2.24) is 0 Å². The molecule has 1 fully saturated rings. The molecule has 43 heavy (non-hydrogen) atoms. The molecule has 0 aromatic carbocycles. The molecule has 0 radical (unpaired) electrons.